The Bertz CT molecular complexity index is 732. The fourth-order valence-corrected chi connectivity index (χ4v) is 2.47. The summed E-state index contributed by atoms with van der Waals surface area (Å²) in [6.07, 6.45) is 1.49. The van der Waals surface area contributed by atoms with E-state index in [1.54, 1.807) is 18.1 Å². The third-order valence-corrected chi connectivity index (χ3v) is 3.91. The number of aromatic nitrogens is 1. The number of benzene rings is 1. The number of nitrogens with zero attached hydrogens (tertiary/aromatic N) is 2. The van der Waals surface area contributed by atoms with Crippen molar-refractivity contribution < 1.29 is 14.3 Å². The molecule has 0 atom stereocenters. The van der Waals surface area contributed by atoms with E-state index in [1.807, 2.05) is 44.2 Å². The summed E-state index contributed by atoms with van der Waals surface area (Å²) < 4.78 is 4.92. The number of amides is 2. The average molecular weight is 355 g/mol. The van der Waals surface area contributed by atoms with E-state index in [-0.39, 0.29) is 23.6 Å². The highest BCUT2D eigenvalue weighted by molar-refractivity contribution is 5.98. The number of ether oxygens (including phenoxy) is 1. The van der Waals surface area contributed by atoms with Crippen LogP contribution < -0.4 is 5.32 Å². The second kappa shape index (κ2) is 9.68. The van der Waals surface area contributed by atoms with Crippen molar-refractivity contribution in [2.45, 2.75) is 26.4 Å². The molecule has 0 spiro atoms. The summed E-state index contributed by atoms with van der Waals surface area (Å²) in [6.45, 7) is 5.25. The highest BCUT2D eigenvalue weighted by atomic mass is 16.5. The highest BCUT2D eigenvalue weighted by Crippen LogP contribution is 2.13. The maximum atomic E-state index is 12.9. The van der Waals surface area contributed by atoms with Crippen molar-refractivity contribution in [3.8, 4) is 0 Å². The van der Waals surface area contributed by atoms with Crippen LogP contribution in [0.5, 0.6) is 0 Å². The van der Waals surface area contributed by atoms with Crippen molar-refractivity contribution in [1.82, 2.24) is 15.2 Å². The number of nitrogens with one attached hydrogen (secondary N) is 1. The summed E-state index contributed by atoms with van der Waals surface area (Å²) in [4.78, 5) is 31.0. The smallest absolute Gasteiger partial charge is 0.272 e. The molecule has 1 aromatic heterocycles. The van der Waals surface area contributed by atoms with Gasteiger partial charge >= 0.3 is 0 Å². The molecule has 0 unspecified atom stereocenters. The van der Waals surface area contributed by atoms with E-state index in [0.717, 1.165) is 5.56 Å². The maximum absolute atomic E-state index is 12.9. The van der Waals surface area contributed by atoms with Gasteiger partial charge in [0.15, 0.2) is 0 Å². The van der Waals surface area contributed by atoms with Gasteiger partial charge in [0, 0.05) is 38.0 Å². The summed E-state index contributed by atoms with van der Waals surface area (Å²) in [5.41, 5.74) is 1.71. The van der Waals surface area contributed by atoms with Crippen LogP contribution in [0.3, 0.4) is 0 Å². The molecule has 1 aromatic carbocycles. The Kier molecular flexibility index (Phi) is 7.29. The molecular formula is C20H25N3O3. The predicted octanol–water partition coefficient (Wildman–Crippen LogP) is 2.51. The molecule has 2 aromatic rings. The second-order valence-electron chi connectivity index (χ2n) is 6.19. The number of methoxy groups -OCH3 is 1. The second-order valence-corrected chi connectivity index (χ2v) is 6.19. The molecule has 2 rings (SSSR count). The molecule has 0 saturated carbocycles. The average Bonchev–Trinajstić information content (AvgIpc) is 2.66. The Hall–Kier alpha value is -2.73. The minimum atomic E-state index is -0.252. The number of pyridine rings is 1. The van der Waals surface area contributed by atoms with Crippen molar-refractivity contribution in [3.63, 3.8) is 0 Å². The van der Waals surface area contributed by atoms with E-state index in [1.165, 1.54) is 12.3 Å². The van der Waals surface area contributed by atoms with E-state index >= 15 is 0 Å². The molecule has 0 aliphatic carbocycles. The fraction of sp³-hybridized carbons (Fsp3) is 0.350. The quantitative estimate of drug-likeness (QED) is 0.739. The van der Waals surface area contributed by atoms with Crippen LogP contribution in [0.1, 0.15) is 40.3 Å². The van der Waals surface area contributed by atoms with Crippen molar-refractivity contribution in [2.75, 3.05) is 20.3 Å². The van der Waals surface area contributed by atoms with Gasteiger partial charge in [0.05, 0.1) is 6.61 Å². The Balaban J connectivity index is 2.15. The van der Waals surface area contributed by atoms with E-state index in [2.05, 4.69) is 10.3 Å². The first kappa shape index (κ1) is 19.6. The zero-order valence-corrected chi connectivity index (χ0v) is 15.4. The Morgan fingerprint density at radius 1 is 1.19 bits per heavy atom. The van der Waals surface area contributed by atoms with Gasteiger partial charge in [-0.15, -0.1) is 0 Å². The van der Waals surface area contributed by atoms with E-state index < -0.39 is 0 Å². The summed E-state index contributed by atoms with van der Waals surface area (Å²) >= 11 is 0. The molecule has 0 aliphatic rings. The Labute approximate surface area is 154 Å². The molecule has 0 aliphatic heterocycles. The number of hydrogen-bond donors (Lipinski definition) is 1. The molecule has 138 valence electrons. The number of carbonyl (C=O) groups excluding carboxylic acids is 2. The summed E-state index contributed by atoms with van der Waals surface area (Å²) in [5.74, 6) is -0.451. The molecule has 6 nitrogen and oxygen atoms in total. The van der Waals surface area contributed by atoms with Gasteiger partial charge in [-0.2, -0.15) is 0 Å². The lowest BCUT2D eigenvalue weighted by molar-refractivity contribution is 0.0684. The zero-order valence-electron chi connectivity index (χ0n) is 15.4. The van der Waals surface area contributed by atoms with Crippen molar-refractivity contribution in [1.29, 1.82) is 0 Å². The summed E-state index contributed by atoms with van der Waals surface area (Å²) in [7, 11) is 1.57. The lowest BCUT2D eigenvalue weighted by Gasteiger charge is -2.26. The van der Waals surface area contributed by atoms with Crippen LogP contribution in [-0.2, 0) is 11.3 Å². The molecular weight excluding hydrogens is 330 g/mol. The number of rotatable bonds is 8. The molecule has 0 saturated heterocycles. The lowest BCUT2D eigenvalue weighted by Crippen LogP contribution is -2.37. The van der Waals surface area contributed by atoms with Crippen molar-refractivity contribution in [3.05, 3.63) is 65.5 Å². The van der Waals surface area contributed by atoms with Crippen LogP contribution in [0.2, 0.25) is 0 Å². The monoisotopic (exact) mass is 355 g/mol. The third kappa shape index (κ3) is 5.39. The highest BCUT2D eigenvalue weighted by Gasteiger charge is 2.21. The molecule has 1 heterocycles. The SMILES string of the molecule is COCCNC(=O)c1ccnc(C(=O)N(Cc2ccccc2)C(C)C)c1. The Morgan fingerprint density at radius 3 is 2.58 bits per heavy atom. The lowest BCUT2D eigenvalue weighted by atomic mass is 10.1. The van der Waals surface area contributed by atoms with Crippen LogP contribution in [0.25, 0.3) is 0 Å². The van der Waals surface area contributed by atoms with Crippen LogP contribution in [0.4, 0.5) is 0 Å². The molecule has 1 N–H and O–H groups in total. The van der Waals surface area contributed by atoms with E-state index in [4.69, 9.17) is 4.74 Å². The van der Waals surface area contributed by atoms with Gasteiger partial charge in [0.25, 0.3) is 11.8 Å². The van der Waals surface area contributed by atoms with Gasteiger partial charge < -0.3 is 15.0 Å². The minimum Gasteiger partial charge on any atom is -0.383 e. The molecule has 2 amide bonds. The number of carbonyl (C=O) groups is 2. The van der Waals surface area contributed by atoms with Gasteiger partial charge in [-0.1, -0.05) is 30.3 Å². The first-order valence-corrected chi connectivity index (χ1v) is 8.61. The largest absolute Gasteiger partial charge is 0.383 e. The zero-order chi connectivity index (χ0) is 18.9. The maximum Gasteiger partial charge on any atom is 0.272 e. The molecule has 0 bridgehead atoms. The standard InChI is InChI=1S/C20H25N3O3/c1-15(2)23(14-16-7-5-4-6-8-16)20(25)18-13-17(9-10-21-18)19(24)22-11-12-26-3/h4-10,13,15H,11-12,14H2,1-3H3,(H,22,24). The normalized spacial score (nSPS) is 10.6. The van der Waals surface area contributed by atoms with E-state index in [0.29, 0.717) is 25.3 Å². The first-order chi connectivity index (χ1) is 12.5. The third-order valence-electron chi connectivity index (χ3n) is 3.91. The van der Waals surface area contributed by atoms with Gasteiger partial charge in [-0.3, -0.25) is 14.6 Å². The fourth-order valence-electron chi connectivity index (χ4n) is 2.47. The Morgan fingerprint density at radius 2 is 1.92 bits per heavy atom. The first-order valence-electron chi connectivity index (χ1n) is 8.61. The molecule has 26 heavy (non-hydrogen) atoms. The van der Waals surface area contributed by atoms with Gasteiger partial charge in [0.1, 0.15) is 5.69 Å². The van der Waals surface area contributed by atoms with Crippen LogP contribution >= 0.6 is 0 Å². The molecule has 0 radical (unpaired) electrons. The minimum absolute atomic E-state index is 0.00342. The van der Waals surface area contributed by atoms with Crippen LogP contribution in [0, 0.1) is 0 Å². The topological polar surface area (TPSA) is 71.5 Å². The van der Waals surface area contributed by atoms with Crippen molar-refractivity contribution >= 4 is 11.8 Å². The summed E-state index contributed by atoms with van der Waals surface area (Å²) in [5, 5.41) is 2.74. The van der Waals surface area contributed by atoms with Gasteiger partial charge in [-0.05, 0) is 31.5 Å². The van der Waals surface area contributed by atoms with Crippen LogP contribution in [-0.4, -0.2) is 48.0 Å². The predicted molar refractivity (Wildman–Crippen MR) is 99.9 cm³/mol. The van der Waals surface area contributed by atoms with Gasteiger partial charge in [0.2, 0.25) is 0 Å². The van der Waals surface area contributed by atoms with Gasteiger partial charge in [-0.25, -0.2) is 0 Å². The molecule has 0 fully saturated rings. The summed E-state index contributed by atoms with van der Waals surface area (Å²) in [6, 6.07) is 12.9. The van der Waals surface area contributed by atoms with Crippen molar-refractivity contribution in [2.24, 2.45) is 0 Å². The van der Waals surface area contributed by atoms with Crippen LogP contribution in [0.15, 0.2) is 48.7 Å². The molecule has 6 heteroatoms. The van der Waals surface area contributed by atoms with E-state index in [9.17, 15) is 9.59 Å². The number of hydrogen-bond acceptors (Lipinski definition) is 4.